The number of halogens is 1. The molecule has 1 aromatic rings. The fraction of sp³-hybridized carbons (Fsp3) is 0.273. The van der Waals surface area contributed by atoms with Gasteiger partial charge in [0.2, 0.25) is 0 Å². The number of hydrogen-bond donors (Lipinski definition) is 2. The van der Waals surface area contributed by atoms with Crippen LogP contribution < -0.4 is 5.32 Å². The average molecular weight is 258 g/mol. The second kappa shape index (κ2) is 6.88. The summed E-state index contributed by atoms with van der Waals surface area (Å²) in [6.45, 7) is 0.0528. The third-order valence-corrected chi connectivity index (χ3v) is 2.12. The lowest BCUT2D eigenvalue weighted by Gasteiger charge is -2.05. The van der Waals surface area contributed by atoms with E-state index < -0.39 is 5.97 Å². The van der Waals surface area contributed by atoms with Crippen molar-refractivity contribution < 1.29 is 19.4 Å². The fourth-order valence-electron chi connectivity index (χ4n) is 1.10. The highest BCUT2D eigenvalue weighted by atomic mass is 35.5. The molecule has 5 nitrogen and oxygen atoms in total. The topological polar surface area (TPSA) is 75.6 Å². The highest BCUT2D eigenvalue weighted by Crippen LogP contribution is 2.09. The van der Waals surface area contributed by atoms with Gasteiger partial charge in [0.15, 0.2) is 0 Å². The number of carbonyl (C=O) groups is 2. The molecule has 0 atom stereocenters. The molecule has 1 rings (SSSR count). The summed E-state index contributed by atoms with van der Waals surface area (Å²) in [6, 6.07) is 6.46. The quantitative estimate of drug-likeness (QED) is 0.750. The monoisotopic (exact) mass is 257 g/mol. The van der Waals surface area contributed by atoms with Gasteiger partial charge in [-0.3, -0.25) is 4.79 Å². The standard InChI is InChI=1S/C11H12ClNO4/c12-9-3-1-8(2-4-9)11(16)13-5-6-17-7-10(14)15/h1-4H,5-7H2,(H,13,16)(H,14,15). The van der Waals surface area contributed by atoms with E-state index >= 15 is 0 Å². The number of carboxylic acid groups (broad SMARTS) is 1. The molecule has 0 bridgehead atoms. The van der Waals surface area contributed by atoms with E-state index in [1.165, 1.54) is 0 Å². The van der Waals surface area contributed by atoms with Crippen LogP contribution in [0.2, 0.25) is 5.02 Å². The minimum Gasteiger partial charge on any atom is -0.480 e. The normalized spacial score (nSPS) is 9.94. The molecule has 17 heavy (non-hydrogen) atoms. The lowest BCUT2D eigenvalue weighted by molar-refractivity contribution is -0.142. The first kappa shape index (κ1) is 13.5. The number of ether oxygens (including phenoxy) is 1. The van der Waals surface area contributed by atoms with Gasteiger partial charge in [0.1, 0.15) is 6.61 Å². The Bertz CT molecular complexity index is 391. The number of amides is 1. The van der Waals surface area contributed by atoms with Crippen molar-refractivity contribution in [3.05, 3.63) is 34.9 Å². The molecule has 0 aliphatic rings. The lowest BCUT2D eigenvalue weighted by Crippen LogP contribution is -2.27. The van der Waals surface area contributed by atoms with E-state index in [2.05, 4.69) is 5.32 Å². The van der Waals surface area contributed by atoms with E-state index in [9.17, 15) is 9.59 Å². The Balaban J connectivity index is 2.25. The first-order valence-electron chi connectivity index (χ1n) is 4.93. The zero-order valence-corrected chi connectivity index (χ0v) is 9.74. The van der Waals surface area contributed by atoms with Crippen LogP contribution in [0.3, 0.4) is 0 Å². The van der Waals surface area contributed by atoms with Crippen LogP contribution in [-0.4, -0.2) is 36.7 Å². The molecule has 92 valence electrons. The molecule has 0 radical (unpaired) electrons. The molecule has 0 aliphatic carbocycles. The van der Waals surface area contributed by atoms with Gasteiger partial charge in [-0.15, -0.1) is 0 Å². The Labute approximate surface area is 103 Å². The highest BCUT2D eigenvalue weighted by Gasteiger charge is 2.04. The molecule has 0 fully saturated rings. The number of carboxylic acids is 1. The van der Waals surface area contributed by atoms with Crippen molar-refractivity contribution in [2.45, 2.75) is 0 Å². The van der Waals surface area contributed by atoms with Crippen LogP contribution in [0.4, 0.5) is 0 Å². The minimum absolute atomic E-state index is 0.158. The lowest BCUT2D eigenvalue weighted by atomic mass is 10.2. The Morgan fingerprint density at radius 2 is 1.94 bits per heavy atom. The fourth-order valence-corrected chi connectivity index (χ4v) is 1.23. The zero-order chi connectivity index (χ0) is 12.7. The molecular formula is C11H12ClNO4. The molecule has 0 aliphatic heterocycles. The van der Waals surface area contributed by atoms with Crippen molar-refractivity contribution in [2.24, 2.45) is 0 Å². The predicted molar refractivity (Wildman–Crippen MR) is 62.2 cm³/mol. The van der Waals surface area contributed by atoms with Crippen molar-refractivity contribution >= 4 is 23.5 Å². The number of benzene rings is 1. The first-order chi connectivity index (χ1) is 8.09. The van der Waals surface area contributed by atoms with Gasteiger partial charge < -0.3 is 15.2 Å². The van der Waals surface area contributed by atoms with Gasteiger partial charge in [0.25, 0.3) is 5.91 Å². The molecule has 0 saturated heterocycles. The van der Waals surface area contributed by atoms with Gasteiger partial charge in [-0.05, 0) is 24.3 Å². The van der Waals surface area contributed by atoms with E-state index in [0.717, 1.165) is 0 Å². The first-order valence-corrected chi connectivity index (χ1v) is 5.30. The Kier molecular flexibility index (Phi) is 5.45. The Morgan fingerprint density at radius 1 is 1.29 bits per heavy atom. The van der Waals surface area contributed by atoms with Gasteiger partial charge >= 0.3 is 5.97 Å². The summed E-state index contributed by atoms with van der Waals surface area (Å²) in [5, 5.41) is 11.5. The predicted octanol–water partition coefficient (Wildman–Crippen LogP) is 1.17. The summed E-state index contributed by atoms with van der Waals surface area (Å²) in [6.07, 6.45) is 0. The molecule has 0 aromatic heterocycles. The van der Waals surface area contributed by atoms with Crippen LogP contribution in [0.15, 0.2) is 24.3 Å². The van der Waals surface area contributed by atoms with Crippen molar-refractivity contribution in [3.63, 3.8) is 0 Å². The van der Waals surface area contributed by atoms with Crippen molar-refractivity contribution in [3.8, 4) is 0 Å². The van der Waals surface area contributed by atoms with Crippen molar-refractivity contribution in [1.29, 1.82) is 0 Å². The van der Waals surface area contributed by atoms with E-state index in [0.29, 0.717) is 10.6 Å². The van der Waals surface area contributed by atoms with Gasteiger partial charge in [-0.25, -0.2) is 4.79 Å². The van der Waals surface area contributed by atoms with E-state index in [1.807, 2.05) is 0 Å². The summed E-state index contributed by atoms with van der Waals surface area (Å²) >= 11 is 5.68. The molecular weight excluding hydrogens is 246 g/mol. The molecule has 0 unspecified atom stereocenters. The second-order valence-electron chi connectivity index (χ2n) is 3.21. The number of hydrogen-bond acceptors (Lipinski definition) is 3. The Hall–Kier alpha value is -1.59. The molecule has 6 heteroatoms. The molecule has 0 heterocycles. The SMILES string of the molecule is O=C(O)COCCNC(=O)c1ccc(Cl)cc1. The van der Waals surface area contributed by atoms with Crippen LogP contribution in [0, 0.1) is 0 Å². The van der Waals surface area contributed by atoms with E-state index in [-0.39, 0.29) is 25.7 Å². The summed E-state index contributed by atoms with van der Waals surface area (Å²) in [7, 11) is 0. The highest BCUT2D eigenvalue weighted by molar-refractivity contribution is 6.30. The summed E-state index contributed by atoms with van der Waals surface area (Å²) in [5.74, 6) is -1.28. The third-order valence-electron chi connectivity index (χ3n) is 1.86. The number of nitrogens with one attached hydrogen (secondary N) is 1. The summed E-state index contributed by atoms with van der Waals surface area (Å²) in [5.41, 5.74) is 0.493. The van der Waals surface area contributed by atoms with Crippen molar-refractivity contribution in [1.82, 2.24) is 5.32 Å². The van der Waals surface area contributed by atoms with Gasteiger partial charge in [-0.2, -0.15) is 0 Å². The van der Waals surface area contributed by atoms with Crippen molar-refractivity contribution in [2.75, 3.05) is 19.8 Å². The van der Waals surface area contributed by atoms with Crippen LogP contribution in [-0.2, 0) is 9.53 Å². The summed E-state index contributed by atoms with van der Waals surface area (Å²) in [4.78, 5) is 21.7. The van der Waals surface area contributed by atoms with Crippen LogP contribution in [0.25, 0.3) is 0 Å². The Morgan fingerprint density at radius 3 is 2.53 bits per heavy atom. The van der Waals surface area contributed by atoms with Gasteiger partial charge in [-0.1, -0.05) is 11.6 Å². The largest absolute Gasteiger partial charge is 0.480 e. The summed E-state index contributed by atoms with van der Waals surface area (Å²) < 4.78 is 4.77. The smallest absolute Gasteiger partial charge is 0.329 e. The van der Waals surface area contributed by atoms with Crippen LogP contribution in [0.5, 0.6) is 0 Å². The van der Waals surface area contributed by atoms with Crippen LogP contribution in [0.1, 0.15) is 10.4 Å². The zero-order valence-electron chi connectivity index (χ0n) is 8.98. The maximum absolute atomic E-state index is 11.5. The number of aliphatic carboxylic acids is 1. The number of carbonyl (C=O) groups excluding carboxylic acids is 1. The molecule has 2 N–H and O–H groups in total. The average Bonchev–Trinajstić information content (AvgIpc) is 2.29. The maximum Gasteiger partial charge on any atom is 0.329 e. The molecule has 0 spiro atoms. The minimum atomic E-state index is -1.03. The van der Waals surface area contributed by atoms with Crippen LogP contribution >= 0.6 is 11.6 Å². The van der Waals surface area contributed by atoms with Gasteiger partial charge in [0.05, 0.1) is 6.61 Å². The molecule has 0 saturated carbocycles. The third kappa shape index (κ3) is 5.33. The number of rotatable bonds is 6. The van der Waals surface area contributed by atoms with Gasteiger partial charge in [0, 0.05) is 17.1 Å². The van der Waals surface area contributed by atoms with E-state index in [1.54, 1.807) is 24.3 Å². The van der Waals surface area contributed by atoms with E-state index in [4.69, 9.17) is 21.4 Å². The second-order valence-corrected chi connectivity index (χ2v) is 3.65. The molecule has 1 aromatic carbocycles. The molecule has 1 amide bonds. The maximum atomic E-state index is 11.5.